The average molecular weight is 482 g/mol. The molecule has 0 unspecified atom stereocenters. The lowest BCUT2D eigenvalue weighted by molar-refractivity contribution is 0.0985. The summed E-state index contributed by atoms with van der Waals surface area (Å²) in [5.74, 6) is 1.28. The third-order valence-corrected chi connectivity index (χ3v) is 6.35. The Labute approximate surface area is 205 Å². The van der Waals surface area contributed by atoms with Crippen LogP contribution in [0.2, 0.25) is 0 Å². The highest BCUT2D eigenvalue weighted by atomic mass is 35.5. The summed E-state index contributed by atoms with van der Waals surface area (Å²) in [6.45, 7) is 5.44. The summed E-state index contributed by atoms with van der Waals surface area (Å²) < 4.78 is 7.06. The molecule has 0 bridgehead atoms. The van der Waals surface area contributed by atoms with Gasteiger partial charge in [-0.1, -0.05) is 41.7 Å². The smallest absolute Gasteiger partial charge is 0.260 e. The van der Waals surface area contributed by atoms with Gasteiger partial charge in [0, 0.05) is 18.7 Å². The number of ether oxygens (including phenoxy) is 1. The van der Waals surface area contributed by atoms with Gasteiger partial charge in [-0.2, -0.15) is 0 Å². The summed E-state index contributed by atoms with van der Waals surface area (Å²) in [6, 6.07) is 21.1. The highest BCUT2D eigenvalue weighted by Crippen LogP contribution is 2.33. The highest BCUT2D eigenvalue weighted by molar-refractivity contribution is 7.22. The van der Waals surface area contributed by atoms with Crippen LogP contribution in [0.15, 0.2) is 66.7 Å². The van der Waals surface area contributed by atoms with Crippen molar-refractivity contribution in [2.45, 2.75) is 13.8 Å². The van der Waals surface area contributed by atoms with E-state index >= 15 is 0 Å². The fourth-order valence-electron chi connectivity index (χ4n) is 3.54. The standard InChI is InChI=1S/C26H27N3O2S.ClH/c1-18-15-19(2)24-23(16-18)27-26(32-24)29(14-13-28(3)4)25(30)20-9-8-12-22(17-20)31-21-10-6-5-7-11-21;/h5-12,15-17H,13-14H2,1-4H3;1H. The molecule has 1 amide bonds. The van der Waals surface area contributed by atoms with Crippen LogP contribution >= 0.6 is 23.7 Å². The zero-order valence-corrected chi connectivity index (χ0v) is 20.9. The maximum Gasteiger partial charge on any atom is 0.260 e. The van der Waals surface area contributed by atoms with Gasteiger partial charge in [0.25, 0.3) is 5.91 Å². The molecule has 0 aliphatic carbocycles. The van der Waals surface area contributed by atoms with Crippen LogP contribution < -0.4 is 9.64 Å². The van der Waals surface area contributed by atoms with Crippen LogP contribution in [0.25, 0.3) is 10.2 Å². The van der Waals surface area contributed by atoms with Crippen LogP contribution in [0, 0.1) is 13.8 Å². The van der Waals surface area contributed by atoms with Gasteiger partial charge in [-0.25, -0.2) is 4.98 Å². The van der Waals surface area contributed by atoms with E-state index < -0.39 is 0 Å². The number of amides is 1. The average Bonchev–Trinajstić information content (AvgIpc) is 3.18. The molecule has 5 nitrogen and oxygen atoms in total. The number of halogens is 1. The number of nitrogens with zero attached hydrogens (tertiary/aromatic N) is 3. The minimum absolute atomic E-state index is 0. The normalized spacial score (nSPS) is 10.8. The first-order valence-electron chi connectivity index (χ1n) is 10.6. The van der Waals surface area contributed by atoms with Crippen LogP contribution in [0.3, 0.4) is 0 Å². The van der Waals surface area contributed by atoms with Crippen molar-refractivity contribution in [3.05, 3.63) is 83.4 Å². The highest BCUT2D eigenvalue weighted by Gasteiger charge is 2.22. The Morgan fingerprint density at radius 1 is 0.939 bits per heavy atom. The molecule has 0 fully saturated rings. The van der Waals surface area contributed by atoms with Crippen molar-refractivity contribution in [2.24, 2.45) is 0 Å². The molecular weight excluding hydrogens is 454 g/mol. The topological polar surface area (TPSA) is 45.7 Å². The van der Waals surface area contributed by atoms with Gasteiger partial charge in [-0.05, 0) is 75.5 Å². The first-order valence-corrected chi connectivity index (χ1v) is 11.4. The summed E-state index contributed by atoms with van der Waals surface area (Å²) in [5.41, 5.74) is 3.86. The molecule has 0 N–H and O–H groups in total. The number of likely N-dealkylation sites (N-methyl/N-ethyl adjacent to an activating group) is 1. The van der Waals surface area contributed by atoms with Gasteiger partial charge in [-0.15, -0.1) is 12.4 Å². The van der Waals surface area contributed by atoms with Crippen molar-refractivity contribution in [1.29, 1.82) is 0 Å². The molecule has 4 aromatic rings. The molecule has 172 valence electrons. The molecule has 0 saturated carbocycles. The van der Waals surface area contributed by atoms with E-state index in [9.17, 15) is 4.79 Å². The molecule has 0 atom stereocenters. The monoisotopic (exact) mass is 481 g/mol. The van der Waals surface area contributed by atoms with Gasteiger partial charge >= 0.3 is 0 Å². The Balaban J connectivity index is 0.00000306. The van der Waals surface area contributed by atoms with Crippen molar-refractivity contribution in [2.75, 3.05) is 32.1 Å². The van der Waals surface area contributed by atoms with Crippen LogP contribution in [0.1, 0.15) is 21.5 Å². The maximum absolute atomic E-state index is 13.6. The second-order valence-electron chi connectivity index (χ2n) is 8.13. The minimum atomic E-state index is -0.0845. The lowest BCUT2D eigenvalue weighted by atomic mass is 10.1. The SMILES string of the molecule is Cc1cc(C)c2sc(N(CCN(C)C)C(=O)c3cccc(Oc4ccccc4)c3)nc2c1.Cl. The molecule has 3 aromatic carbocycles. The third-order valence-electron chi connectivity index (χ3n) is 5.12. The van der Waals surface area contributed by atoms with E-state index in [1.807, 2.05) is 62.6 Å². The molecule has 33 heavy (non-hydrogen) atoms. The summed E-state index contributed by atoms with van der Waals surface area (Å²) in [4.78, 5) is 22.3. The predicted octanol–water partition coefficient (Wildman–Crippen LogP) is 6.34. The van der Waals surface area contributed by atoms with E-state index in [4.69, 9.17) is 9.72 Å². The maximum atomic E-state index is 13.6. The van der Waals surface area contributed by atoms with E-state index in [-0.39, 0.29) is 18.3 Å². The fourth-order valence-corrected chi connectivity index (χ4v) is 4.58. The summed E-state index contributed by atoms with van der Waals surface area (Å²) in [5, 5.41) is 0.718. The number of fused-ring (bicyclic) bond motifs is 1. The number of carbonyl (C=O) groups excluding carboxylic acids is 1. The third kappa shape index (κ3) is 5.90. The molecule has 1 aromatic heterocycles. The Bertz CT molecular complexity index is 1240. The quantitative estimate of drug-likeness (QED) is 0.309. The van der Waals surface area contributed by atoms with Crippen molar-refractivity contribution in [3.63, 3.8) is 0 Å². The number of thiazole rings is 1. The van der Waals surface area contributed by atoms with Gasteiger partial charge in [0.05, 0.1) is 10.2 Å². The number of aromatic nitrogens is 1. The summed E-state index contributed by atoms with van der Waals surface area (Å²) in [7, 11) is 4.01. The lowest BCUT2D eigenvalue weighted by Gasteiger charge is -2.22. The Morgan fingerprint density at radius 3 is 2.39 bits per heavy atom. The number of hydrogen-bond acceptors (Lipinski definition) is 5. The van der Waals surface area contributed by atoms with Gasteiger partial charge in [0.1, 0.15) is 11.5 Å². The van der Waals surface area contributed by atoms with Crippen LogP contribution in [0.5, 0.6) is 11.5 Å². The first kappa shape index (κ1) is 24.7. The molecule has 1 heterocycles. The van der Waals surface area contributed by atoms with Crippen LogP contribution in [0.4, 0.5) is 5.13 Å². The number of benzene rings is 3. The number of hydrogen-bond donors (Lipinski definition) is 0. The van der Waals surface area contributed by atoms with Gasteiger partial charge in [0.15, 0.2) is 5.13 Å². The number of rotatable bonds is 7. The Kier molecular flexibility index (Phi) is 8.08. The molecule has 4 rings (SSSR count). The second-order valence-corrected chi connectivity index (χ2v) is 9.11. The predicted molar refractivity (Wildman–Crippen MR) is 140 cm³/mol. The van der Waals surface area contributed by atoms with Crippen LogP contribution in [-0.2, 0) is 0 Å². The number of anilines is 1. The zero-order valence-electron chi connectivity index (χ0n) is 19.2. The fraction of sp³-hybridized carbons (Fsp3) is 0.231. The van der Waals surface area contributed by atoms with Crippen molar-refractivity contribution >= 4 is 45.0 Å². The van der Waals surface area contributed by atoms with Crippen molar-refractivity contribution in [1.82, 2.24) is 9.88 Å². The van der Waals surface area contributed by atoms with E-state index in [1.54, 1.807) is 22.3 Å². The largest absolute Gasteiger partial charge is 0.457 e. The van der Waals surface area contributed by atoms with Gasteiger partial charge < -0.3 is 9.64 Å². The molecule has 7 heteroatoms. The van der Waals surface area contributed by atoms with E-state index in [0.717, 1.165) is 27.6 Å². The number of aryl methyl sites for hydroxylation is 2. The number of para-hydroxylation sites is 1. The van der Waals surface area contributed by atoms with Crippen LogP contribution in [-0.4, -0.2) is 43.0 Å². The summed E-state index contributed by atoms with van der Waals surface area (Å²) in [6.07, 6.45) is 0. The molecule has 0 spiro atoms. The molecule has 0 aliphatic heterocycles. The molecule has 0 saturated heterocycles. The minimum Gasteiger partial charge on any atom is -0.457 e. The van der Waals surface area contributed by atoms with Crippen molar-refractivity contribution < 1.29 is 9.53 Å². The summed E-state index contributed by atoms with van der Waals surface area (Å²) >= 11 is 1.57. The molecular formula is C26H28ClN3O2S. The molecule has 0 radical (unpaired) electrons. The lowest BCUT2D eigenvalue weighted by Crippen LogP contribution is -2.36. The Hall–Kier alpha value is -2.93. The van der Waals surface area contributed by atoms with E-state index in [1.165, 1.54) is 11.1 Å². The van der Waals surface area contributed by atoms with E-state index in [0.29, 0.717) is 17.9 Å². The molecule has 0 aliphatic rings. The van der Waals surface area contributed by atoms with Gasteiger partial charge in [-0.3, -0.25) is 9.69 Å². The van der Waals surface area contributed by atoms with E-state index in [2.05, 4.69) is 30.9 Å². The first-order chi connectivity index (χ1) is 15.4. The van der Waals surface area contributed by atoms with Crippen molar-refractivity contribution in [3.8, 4) is 11.5 Å². The second kappa shape index (κ2) is 10.8. The van der Waals surface area contributed by atoms with Gasteiger partial charge in [0.2, 0.25) is 0 Å². The Morgan fingerprint density at radius 2 is 1.67 bits per heavy atom. The zero-order chi connectivity index (χ0) is 22.7. The number of carbonyl (C=O) groups is 1.